The molecule has 5 heterocycles. The highest BCUT2D eigenvalue weighted by molar-refractivity contribution is 6.23. The monoisotopic (exact) mass is 443 g/mol. The number of anilines is 1. The molecule has 4 aliphatic heterocycles. The molecule has 1 aromatic heterocycles. The number of hydrogen-bond donors (Lipinski definition) is 0. The summed E-state index contributed by atoms with van der Waals surface area (Å²) in [6.45, 7) is 9.14. The summed E-state index contributed by atoms with van der Waals surface area (Å²) >= 11 is 0. The zero-order valence-electron chi connectivity index (χ0n) is 19.1. The normalized spacial score (nSPS) is 27.2. The van der Waals surface area contributed by atoms with Crippen molar-refractivity contribution < 1.29 is 19.1 Å². The molecule has 1 aromatic rings. The Labute approximate surface area is 189 Å². The number of carbonyl (C=O) groups excluding carboxylic acids is 2. The Bertz CT molecular complexity index is 883. The molecule has 5 rings (SSSR count). The van der Waals surface area contributed by atoms with E-state index in [0.717, 1.165) is 36.6 Å². The van der Waals surface area contributed by atoms with E-state index in [1.807, 2.05) is 0 Å². The molecule has 1 unspecified atom stereocenters. The molecule has 174 valence electrons. The van der Waals surface area contributed by atoms with Gasteiger partial charge in [0.25, 0.3) is 5.91 Å². The van der Waals surface area contributed by atoms with Crippen LogP contribution in [0.4, 0.5) is 5.82 Å². The van der Waals surface area contributed by atoms with Crippen LogP contribution < -0.4 is 9.64 Å². The highest BCUT2D eigenvalue weighted by Gasteiger charge is 2.45. The maximum absolute atomic E-state index is 11.8. The minimum Gasteiger partial charge on any atom is -0.461 e. The summed E-state index contributed by atoms with van der Waals surface area (Å²) in [4.78, 5) is 38.8. The first-order valence-corrected chi connectivity index (χ1v) is 11.9. The largest absolute Gasteiger partial charge is 0.461 e. The maximum atomic E-state index is 11.8. The first-order chi connectivity index (χ1) is 15.5. The van der Waals surface area contributed by atoms with Crippen LogP contribution in [0.5, 0.6) is 6.01 Å². The second kappa shape index (κ2) is 8.59. The van der Waals surface area contributed by atoms with Gasteiger partial charge in [0.2, 0.25) is 6.29 Å². The molecular weight excluding hydrogens is 410 g/mol. The zero-order chi connectivity index (χ0) is 22.3. The van der Waals surface area contributed by atoms with E-state index in [4.69, 9.17) is 19.4 Å². The predicted molar refractivity (Wildman–Crippen MR) is 118 cm³/mol. The molecule has 0 radical (unpaired) electrons. The Morgan fingerprint density at radius 2 is 1.97 bits per heavy atom. The minimum absolute atomic E-state index is 0.0256. The number of amides is 1. The molecule has 0 saturated carbocycles. The topological polar surface area (TPSA) is 88.1 Å². The molecule has 0 spiro atoms. The Hall–Kier alpha value is -2.26. The van der Waals surface area contributed by atoms with Gasteiger partial charge in [-0.25, -0.2) is 0 Å². The fourth-order valence-corrected chi connectivity index (χ4v) is 5.88. The van der Waals surface area contributed by atoms with Crippen molar-refractivity contribution in [1.29, 1.82) is 0 Å². The van der Waals surface area contributed by atoms with E-state index in [0.29, 0.717) is 45.1 Å². The van der Waals surface area contributed by atoms with Crippen LogP contribution in [0.1, 0.15) is 50.8 Å². The quantitative estimate of drug-likeness (QED) is 0.495. The molecule has 0 N–H and O–H groups in total. The second-order valence-corrected chi connectivity index (χ2v) is 9.73. The van der Waals surface area contributed by atoms with E-state index in [1.165, 1.54) is 25.7 Å². The first-order valence-electron chi connectivity index (χ1n) is 11.9. The van der Waals surface area contributed by atoms with Crippen molar-refractivity contribution in [2.24, 2.45) is 0 Å². The van der Waals surface area contributed by atoms with Crippen molar-refractivity contribution in [1.82, 2.24) is 19.8 Å². The van der Waals surface area contributed by atoms with Crippen molar-refractivity contribution >= 4 is 18.0 Å². The third-order valence-electron chi connectivity index (χ3n) is 7.64. The van der Waals surface area contributed by atoms with E-state index in [1.54, 1.807) is 4.90 Å². The summed E-state index contributed by atoms with van der Waals surface area (Å²) in [5.74, 6) is 0.383. The fraction of sp³-hybridized carbons (Fsp3) is 0.739. The number of aldehydes is 1. The van der Waals surface area contributed by atoms with E-state index in [2.05, 4.69) is 23.6 Å². The smallest absolute Gasteiger partial charge is 0.318 e. The lowest BCUT2D eigenvalue weighted by Crippen LogP contribution is -2.54. The number of aromatic nitrogens is 2. The van der Waals surface area contributed by atoms with Gasteiger partial charge in [-0.2, -0.15) is 9.97 Å². The third kappa shape index (κ3) is 3.85. The Morgan fingerprint density at radius 1 is 1.19 bits per heavy atom. The molecule has 2 atom stereocenters. The van der Waals surface area contributed by atoms with Crippen molar-refractivity contribution in [3.63, 3.8) is 0 Å². The van der Waals surface area contributed by atoms with E-state index in [9.17, 15) is 9.59 Å². The van der Waals surface area contributed by atoms with Gasteiger partial charge in [-0.05, 0) is 52.6 Å². The molecule has 4 aliphatic rings. The van der Waals surface area contributed by atoms with Crippen LogP contribution in [0.25, 0.3) is 0 Å². The lowest BCUT2D eigenvalue weighted by molar-refractivity contribution is -0.139. The van der Waals surface area contributed by atoms with E-state index >= 15 is 0 Å². The minimum atomic E-state index is -0.459. The van der Waals surface area contributed by atoms with Crippen LogP contribution in [0.15, 0.2) is 0 Å². The van der Waals surface area contributed by atoms with Gasteiger partial charge in [0.1, 0.15) is 12.4 Å². The highest BCUT2D eigenvalue weighted by atomic mass is 16.5. The van der Waals surface area contributed by atoms with Crippen molar-refractivity contribution in [3.05, 3.63) is 11.3 Å². The second-order valence-electron chi connectivity index (χ2n) is 9.73. The number of nitrogens with zero attached hydrogens (tertiary/aromatic N) is 5. The molecule has 9 heteroatoms. The third-order valence-corrected chi connectivity index (χ3v) is 7.64. The Kier molecular flexibility index (Phi) is 5.79. The molecule has 1 amide bonds. The van der Waals surface area contributed by atoms with Crippen molar-refractivity contribution in [3.8, 4) is 6.01 Å². The van der Waals surface area contributed by atoms with Gasteiger partial charge in [-0.1, -0.05) is 0 Å². The maximum Gasteiger partial charge on any atom is 0.318 e. The molecule has 3 fully saturated rings. The van der Waals surface area contributed by atoms with E-state index in [-0.39, 0.29) is 17.7 Å². The number of fused-ring (bicyclic) bond motifs is 2. The molecule has 0 bridgehead atoms. The number of carbonyl (C=O) groups is 2. The van der Waals surface area contributed by atoms with Crippen LogP contribution in [0.2, 0.25) is 0 Å². The van der Waals surface area contributed by atoms with Gasteiger partial charge in [0.05, 0.1) is 23.9 Å². The Balaban J connectivity index is 1.40. The van der Waals surface area contributed by atoms with E-state index < -0.39 is 5.91 Å². The zero-order valence-corrected chi connectivity index (χ0v) is 19.1. The lowest BCUT2D eigenvalue weighted by atomic mass is 9.95. The lowest BCUT2D eigenvalue weighted by Gasteiger charge is -2.41. The first kappa shape index (κ1) is 21.6. The highest BCUT2D eigenvalue weighted by Crippen LogP contribution is 2.39. The van der Waals surface area contributed by atoms with Crippen LogP contribution >= 0.6 is 0 Å². The van der Waals surface area contributed by atoms with Gasteiger partial charge >= 0.3 is 6.01 Å². The summed E-state index contributed by atoms with van der Waals surface area (Å²) in [5, 5.41) is 0. The van der Waals surface area contributed by atoms with Crippen LogP contribution in [0.3, 0.4) is 0 Å². The summed E-state index contributed by atoms with van der Waals surface area (Å²) < 4.78 is 12.2. The SMILES string of the molecule is CC1Cc2nc(OCC34CCCN3CCC4)nc(N3CCN(C(=O)C=O)C[C@@H]3C)c2CO1. The molecule has 32 heavy (non-hydrogen) atoms. The molecule has 3 saturated heterocycles. The van der Waals surface area contributed by atoms with Gasteiger partial charge in [0, 0.05) is 37.7 Å². The molecule has 0 aliphatic carbocycles. The van der Waals surface area contributed by atoms with Crippen LogP contribution in [-0.4, -0.2) is 89.0 Å². The van der Waals surface area contributed by atoms with Crippen LogP contribution in [0, 0.1) is 0 Å². The van der Waals surface area contributed by atoms with Gasteiger partial charge in [-0.3, -0.25) is 14.5 Å². The standard InChI is InChI=1S/C23H33N5O4/c1-16-12-26(20(30)13-29)9-10-28(16)21-18-14-31-17(2)11-19(18)24-22(25-21)32-15-23-5-3-7-27(23)8-4-6-23/h13,16-17H,3-12,14-15H2,1-2H3/t16-,17?/m0/s1. The number of ether oxygens (including phenoxy) is 2. The summed E-state index contributed by atoms with van der Waals surface area (Å²) in [7, 11) is 0. The summed E-state index contributed by atoms with van der Waals surface area (Å²) in [6.07, 6.45) is 6.06. The molecule has 0 aromatic carbocycles. The molecule has 9 nitrogen and oxygen atoms in total. The number of rotatable bonds is 5. The fourth-order valence-electron chi connectivity index (χ4n) is 5.88. The van der Waals surface area contributed by atoms with Crippen LogP contribution in [-0.2, 0) is 27.4 Å². The van der Waals surface area contributed by atoms with Crippen molar-refractivity contribution in [2.75, 3.05) is 44.2 Å². The van der Waals surface area contributed by atoms with Crippen molar-refractivity contribution in [2.45, 2.75) is 70.2 Å². The van der Waals surface area contributed by atoms with Gasteiger partial charge in [0.15, 0.2) is 0 Å². The summed E-state index contributed by atoms with van der Waals surface area (Å²) in [5.41, 5.74) is 2.15. The number of hydrogen-bond acceptors (Lipinski definition) is 8. The predicted octanol–water partition coefficient (Wildman–Crippen LogP) is 1.18. The number of piperazine rings is 1. The molecular formula is C23H33N5O4. The van der Waals surface area contributed by atoms with Gasteiger partial charge in [-0.15, -0.1) is 0 Å². The Morgan fingerprint density at radius 3 is 2.69 bits per heavy atom. The van der Waals surface area contributed by atoms with Gasteiger partial charge < -0.3 is 19.3 Å². The summed E-state index contributed by atoms with van der Waals surface area (Å²) in [6, 6.07) is 0.470. The average Bonchev–Trinajstić information content (AvgIpc) is 3.37. The average molecular weight is 444 g/mol.